The Morgan fingerprint density at radius 3 is 2.65 bits per heavy atom. The summed E-state index contributed by atoms with van der Waals surface area (Å²) in [5.41, 5.74) is -0.533. The molecule has 2 rings (SSSR count). The number of hydrogen-bond donors (Lipinski definition) is 0. The van der Waals surface area contributed by atoms with Gasteiger partial charge in [0, 0.05) is 18.4 Å². The maximum Gasteiger partial charge on any atom is 0.169 e. The molecule has 2 nitrogen and oxygen atoms in total. The first kappa shape index (κ1) is 13.1. The lowest BCUT2D eigenvalue weighted by Gasteiger charge is -2.34. The quantitative estimate of drug-likeness (QED) is 0.832. The zero-order chi connectivity index (χ0) is 12.3. The van der Waals surface area contributed by atoms with E-state index in [0.29, 0.717) is 6.42 Å². The number of thiophene rings is 1. The zero-order valence-electron chi connectivity index (χ0n) is 10.0. The zero-order valence-corrected chi connectivity index (χ0v) is 11.6. The van der Waals surface area contributed by atoms with Gasteiger partial charge < -0.3 is 4.74 Å². The van der Waals surface area contributed by atoms with Crippen LogP contribution in [0.3, 0.4) is 0 Å². The van der Waals surface area contributed by atoms with E-state index in [1.807, 2.05) is 12.1 Å². The highest BCUT2D eigenvalue weighted by Gasteiger charge is 2.38. The number of Topliss-reactive ketones (excluding diaryl/α,β-unsaturated/α-hetero) is 1. The van der Waals surface area contributed by atoms with E-state index in [1.165, 1.54) is 17.8 Å². The smallest absolute Gasteiger partial charge is 0.169 e. The minimum Gasteiger partial charge on any atom is -0.370 e. The highest BCUT2D eigenvalue weighted by molar-refractivity contribution is 7.16. The number of halogens is 1. The lowest BCUT2D eigenvalue weighted by molar-refractivity contribution is -0.144. The molecule has 1 aromatic heterocycles. The van der Waals surface area contributed by atoms with E-state index >= 15 is 0 Å². The van der Waals surface area contributed by atoms with Crippen molar-refractivity contribution in [3.8, 4) is 0 Å². The van der Waals surface area contributed by atoms with Crippen LogP contribution in [0, 0.1) is 0 Å². The monoisotopic (exact) mass is 272 g/mol. The molecule has 17 heavy (non-hydrogen) atoms. The molecule has 0 spiro atoms. The van der Waals surface area contributed by atoms with Gasteiger partial charge in [0.25, 0.3) is 0 Å². The van der Waals surface area contributed by atoms with Gasteiger partial charge in [-0.2, -0.15) is 0 Å². The molecule has 0 bridgehead atoms. The molecular formula is C13H17ClO2S. The molecule has 0 aromatic carbocycles. The number of hydrogen-bond acceptors (Lipinski definition) is 3. The van der Waals surface area contributed by atoms with Gasteiger partial charge in [-0.15, -0.1) is 11.3 Å². The number of carbonyl (C=O) groups is 1. The third-order valence-corrected chi connectivity index (χ3v) is 4.75. The van der Waals surface area contributed by atoms with E-state index in [-0.39, 0.29) is 5.78 Å². The van der Waals surface area contributed by atoms with Crippen LogP contribution in [0.15, 0.2) is 12.1 Å². The summed E-state index contributed by atoms with van der Waals surface area (Å²) in [4.78, 5) is 13.4. The van der Waals surface area contributed by atoms with E-state index in [4.69, 9.17) is 16.3 Å². The second-order valence-corrected chi connectivity index (χ2v) is 6.36. The van der Waals surface area contributed by atoms with Crippen LogP contribution in [0.5, 0.6) is 0 Å². The van der Waals surface area contributed by atoms with E-state index in [9.17, 15) is 4.79 Å². The number of ketones is 1. The summed E-state index contributed by atoms with van der Waals surface area (Å²) in [7, 11) is 1.66. The Morgan fingerprint density at radius 2 is 2.12 bits per heavy atom. The van der Waals surface area contributed by atoms with Crippen molar-refractivity contribution < 1.29 is 9.53 Å². The number of rotatable bonds is 4. The van der Waals surface area contributed by atoms with Crippen LogP contribution in [-0.4, -0.2) is 18.5 Å². The van der Waals surface area contributed by atoms with Gasteiger partial charge in [0.2, 0.25) is 0 Å². The first-order chi connectivity index (χ1) is 8.16. The fraction of sp³-hybridized carbons (Fsp3) is 0.615. The van der Waals surface area contributed by atoms with Crippen LogP contribution in [0.2, 0.25) is 4.34 Å². The molecule has 1 saturated carbocycles. The van der Waals surface area contributed by atoms with Gasteiger partial charge in [0.1, 0.15) is 5.60 Å². The SMILES string of the molecule is COC1(C(=O)Cc2ccc(Cl)s2)CCCCC1. The number of methoxy groups -OCH3 is 1. The van der Waals surface area contributed by atoms with Crippen molar-refractivity contribution in [1.29, 1.82) is 0 Å². The van der Waals surface area contributed by atoms with Gasteiger partial charge in [0.15, 0.2) is 5.78 Å². The van der Waals surface area contributed by atoms with Crippen LogP contribution < -0.4 is 0 Å². The summed E-state index contributed by atoms with van der Waals surface area (Å²) >= 11 is 7.35. The van der Waals surface area contributed by atoms with Crippen molar-refractivity contribution in [2.45, 2.75) is 44.1 Å². The second-order valence-electron chi connectivity index (χ2n) is 4.56. The highest BCUT2D eigenvalue weighted by atomic mass is 35.5. The molecule has 94 valence electrons. The lowest BCUT2D eigenvalue weighted by Crippen LogP contribution is -2.43. The van der Waals surface area contributed by atoms with Gasteiger partial charge in [-0.05, 0) is 25.0 Å². The molecule has 0 radical (unpaired) electrons. The number of carbonyl (C=O) groups excluding carboxylic acids is 1. The molecule has 1 aliphatic carbocycles. The van der Waals surface area contributed by atoms with Crippen LogP contribution >= 0.6 is 22.9 Å². The third kappa shape index (κ3) is 2.90. The molecule has 4 heteroatoms. The van der Waals surface area contributed by atoms with Gasteiger partial charge in [-0.1, -0.05) is 30.9 Å². The number of ether oxygens (including phenoxy) is 1. The Labute approximate surface area is 111 Å². The van der Waals surface area contributed by atoms with E-state index < -0.39 is 5.60 Å². The molecule has 1 aliphatic rings. The molecule has 1 aromatic rings. The third-order valence-electron chi connectivity index (χ3n) is 3.52. The summed E-state index contributed by atoms with van der Waals surface area (Å²) in [5, 5.41) is 0. The predicted octanol–water partition coefficient (Wildman–Crippen LogP) is 3.86. The molecule has 0 unspecified atom stereocenters. The minimum atomic E-state index is -0.533. The Hall–Kier alpha value is -0.380. The van der Waals surface area contributed by atoms with Crippen molar-refractivity contribution in [3.05, 3.63) is 21.3 Å². The summed E-state index contributed by atoms with van der Waals surface area (Å²) in [6, 6.07) is 3.77. The molecule has 0 atom stereocenters. The summed E-state index contributed by atoms with van der Waals surface area (Å²) in [6.07, 6.45) is 5.56. The molecule has 0 saturated heterocycles. The van der Waals surface area contributed by atoms with Gasteiger partial charge in [-0.3, -0.25) is 4.79 Å². The summed E-state index contributed by atoms with van der Waals surface area (Å²) in [6.45, 7) is 0. The van der Waals surface area contributed by atoms with Gasteiger partial charge in [-0.25, -0.2) is 0 Å². The van der Waals surface area contributed by atoms with E-state index in [1.54, 1.807) is 7.11 Å². The molecule has 0 aliphatic heterocycles. The molecule has 0 amide bonds. The fourth-order valence-electron chi connectivity index (χ4n) is 2.49. The van der Waals surface area contributed by atoms with Crippen molar-refractivity contribution in [1.82, 2.24) is 0 Å². The lowest BCUT2D eigenvalue weighted by atomic mass is 9.80. The van der Waals surface area contributed by atoms with Gasteiger partial charge >= 0.3 is 0 Å². The van der Waals surface area contributed by atoms with Crippen molar-refractivity contribution in [3.63, 3.8) is 0 Å². The van der Waals surface area contributed by atoms with Crippen molar-refractivity contribution in [2.75, 3.05) is 7.11 Å². The average Bonchev–Trinajstić information content (AvgIpc) is 2.75. The van der Waals surface area contributed by atoms with Crippen LogP contribution in [0.25, 0.3) is 0 Å². The van der Waals surface area contributed by atoms with Crippen molar-refractivity contribution in [2.24, 2.45) is 0 Å². The summed E-state index contributed by atoms with van der Waals surface area (Å²) in [5.74, 6) is 0.207. The first-order valence-electron chi connectivity index (χ1n) is 5.99. The molecule has 1 fully saturated rings. The predicted molar refractivity (Wildman–Crippen MR) is 70.9 cm³/mol. The second kappa shape index (κ2) is 5.51. The summed E-state index contributed by atoms with van der Waals surface area (Å²) < 4.78 is 6.28. The van der Waals surface area contributed by atoms with Crippen LogP contribution in [0.4, 0.5) is 0 Å². The van der Waals surface area contributed by atoms with Crippen LogP contribution in [0.1, 0.15) is 37.0 Å². The normalized spacial score (nSPS) is 19.2. The maximum absolute atomic E-state index is 12.4. The highest BCUT2D eigenvalue weighted by Crippen LogP contribution is 2.33. The maximum atomic E-state index is 12.4. The largest absolute Gasteiger partial charge is 0.370 e. The topological polar surface area (TPSA) is 26.3 Å². The molecule has 0 N–H and O–H groups in total. The minimum absolute atomic E-state index is 0.207. The molecule has 1 heterocycles. The standard InChI is InChI=1S/C13H17ClO2S/c1-16-13(7-3-2-4-8-13)11(15)9-10-5-6-12(14)17-10/h5-6H,2-4,7-9H2,1H3. The Kier molecular flexibility index (Phi) is 4.23. The average molecular weight is 273 g/mol. The van der Waals surface area contributed by atoms with E-state index in [2.05, 4.69) is 0 Å². The van der Waals surface area contributed by atoms with Gasteiger partial charge in [0.05, 0.1) is 4.34 Å². The first-order valence-corrected chi connectivity index (χ1v) is 7.18. The van der Waals surface area contributed by atoms with Crippen molar-refractivity contribution >= 4 is 28.7 Å². The Morgan fingerprint density at radius 1 is 1.41 bits per heavy atom. The molecular weight excluding hydrogens is 256 g/mol. The Bertz CT molecular complexity index is 394. The van der Waals surface area contributed by atoms with Crippen LogP contribution in [-0.2, 0) is 16.0 Å². The fourth-order valence-corrected chi connectivity index (χ4v) is 3.57. The van der Waals surface area contributed by atoms with E-state index in [0.717, 1.165) is 34.9 Å². The Balaban J connectivity index is 2.07.